The summed E-state index contributed by atoms with van der Waals surface area (Å²) in [4.78, 5) is 0. The van der Waals surface area contributed by atoms with Crippen LogP contribution >= 0.6 is 23.9 Å². The van der Waals surface area contributed by atoms with E-state index in [4.69, 9.17) is 0 Å². The van der Waals surface area contributed by atoms with E-state index in [1.807, 2.05) is 0 Å². The van der Waals surface area contributed by atoms with Crippen molar-refractivity contribution in [2.75, 3.05) is 0 Å². The summed E-state index contributed by atoms with van der Waals surface area (Å²) in [5.74, 6) is 0.738. The standard InChI is InChI=1S/C16H19.C10H19P3.2C6H5.Sn/c1-15(2)13-9-10-16(15,3)14(11-13)12-7-5-4-6-8-12;1-9(2,3)7-11-8(13-12-7)10(4,5)6;2*1-2-4-6-5-3-1;/h5-8,11,13H,9-10H2,1-3H3;12H,1-6H3;2*1-5H;/t13-,16-;;;;/m1..../s1. The minimum atomic E-state index is -2.15. The molecule has 0 amide bonds. The Kier molecular flexibility index (Phi) is 9.46. The van der Waals surface area contributed by atoms with E-state index in [1.54, 1.807) is 42.4 Å². The molecular formula is C38H48P3Sn. The van der Waals surface area contributed by atoms with Crippen molar-refractivity contribution in [3.63, 3.8) is 0 Å². The number of allylic oxidation sites excluding steroid dienone is 2. The van der Waals surface area contributed by atoms with Crippen LogP contribution in [0.5, 0.6) is 0 Å². The quantitative estimate of drug-likeness (QED) is 0.185. The third-order valence-corrected chi connectivity index (χ3v) is 25.3. The molecule has 42 heavy (non-hydrogen) atoms. The summed E-state index contributed by atoms with van der Waals surface area (Å²) in [6.45, 7) is 21.4. The molecule has 0 N–H and O–H groups in total. The first-order valence-corrected chi connectivity index (χ1v) is 23.4. The van der Waals surface area contributed by atoms with Gasteiger partial charge in [0.15, 0.2) is 0 Å². The second-order valence-electron chi connectivity index (χ2n) is 15.0. The molecule has 219 valence electrons. The third-order valence-electron chi connectivity index (χ3n) is 9.74. The van der Waals surface area contributed by atoms with Gasteiger partial charge < -0.3 is 0 Å². The van der Waals surface area contributed by atoms with Crippen LogP contribution in [-0.2, 0) is 10.8 Å². The maximum absolute atomic E-state index is 2.59. The van der Waals surface area contributed by atoms with Crippen molar-refractivity contribution in [3.8, 4) is 0 Å². The normalized spacial score (nSPS) is 21.8. The zero-order chi connectivity index (χ0) is 30.3. The van der Waals surface area contributed by atoms with E-state index in [2.05, 4.69) is 153 Å². The predicted molar refractivity (Wildman–Crippen MR) is 195 cm³/mol. The van der Waals surface area contributed by atoms with Crippen molar-refractivity contribution in [1.29, 1.82) is 0 Å². The van der Waals surface area contributed by atoms with Crippen LogP contribution < -0.4 is 10.7 Å². The number of rotatable bonds is 4. The van der Waals surface area contributed by atoms with Gasteiger partial charge >= 0.3 is 183 Å². The summed E-state index contributed by atoms with van der Waals surface area (Å²) in [5.41, 5.74) is 4.56. The molecule has 2 aliphatic carbocycles. The molecule has 1 heterocycles. The first-order chi connectivity index (χ1) is 19.7. The topological polar surface area (TPSA) is 0 Å². The summed E-state index contributed by atoms with van der Waals surface area (Å²) >= 11 is -2.15. The Morgan fingerprint density at radius 2 is 1.24 bits per heavy atom. The van der Waals surface area contributed by atoms with Gasteiger partial charge in [-0.05, 0) is 18.7 Å². The van der Waals surface area contributed by atoms with Crippen molar-refractivity contribution < 1.29 is 0 Å². The molecule has 6 rings (SSSR count). The molecule has 1 saturated carbocycles. The number of hydrogen-bond acceptors (Lipinski definition) is 0. The summed E-state index contributed by atoms with van der Waals surface area (Å²) < 4.78 is 4.64. The van der Waals surface area contributed by atoms with Crippen LogP contribution in [0.3, 0.4) is 0 Å². The summed E-state index contributed by atoms with van der Waals surface area (Å²) in [6, 6.07) is 32.0. The molecule has 1 aromatic heterocycles. The van der Waals surface area contributed by atoms with E-state index in [-0.39, 0.29) is 0 Å². The Bertz CT molecular complexity index is 1450. The molecule has 2 aliphatic rings. The number of benzene rings is 3. The average molecular weight is 716 g/mol. The zero-order valence-electron chi connectivity index (χ0n) is 27.0. The second-order valence-corrected chi connectivity index (χ2v) is 26.7. The van der Waals surface area contributed by atoms with Gasteiger partial charge in [0.25, 0.3) is 0 Å². The van der Waals surface area contributed by atoms with Crippen molar-refractivity contribution in [3.05, 3.63) is 107 Å². The van der Waals surface area contributed by atoms with Crippen LogP contribution in [-0.4, -0.2) is 19.8 Å². The van der Waals surface area contributed by atoms with Crippen molar-refractivity contribution in [1.82, 2.24) is 0 Å². The van der Waals surface area contributed by atoms with Gasteiger partial charge in [-0.2, -0.15) is 0 Å². The maximum atomic E-state index is 2.59. The first-order valence-electron chi connectivity index (χ1n) is 15.5. The minimum absolute atomic E-state index is 0.319. The fraction of sp³-hybridized carbons (Fsp3) is 0.421. The Morgan fingerprint density at radius 3 is 1.62 bits per heavy atom. The zero-order valence-corrected chi connectivity index (χ0v) is 32.7. The molecule has 3 aromatic carbocycles. The number of hydrogen-bond donors (Lipinski definition) is 0. The van der Waals surface area contributed by atoms with Crippen molar-refractivity contribution >= 4 is 60.0 Å². The molecule has 2 bridgehead atoms. The Morgan fingerprint density at radius 1 is 0.714 bits per heavy atom. The SMILES string of the molecule is CC(C)(C)c1p[pH]c(C(C)(C)C)p1.CC1(C)[C@H]2C=C(c3cc[c]([Sn]([c]4ccccc4)[c]4ccccc4)cc3)[C@@]1(C)CC2. The van der Waals surface area contributed by atoms with Gasteiger partial charge in [-0.25, -0.2) is 0 Å². The summed E-state index contributed by atoms with van der Waals surface area (Å²) in [7, 11) is 4.18. The summed E-state index contributed by atoms with van der Waals surface area (Å²) in [5, 5.41) is 3.44. The third kappa shape index (κ3) is 6.45. The molecule has 1 unspecified atom stereocenters. The van der Waals surface area contributed by atoms with Gasteiger partial charge in [-0.1, -0.05) is 49.7 Å². The van der Waals surface area contributed by atoms with E-state index >= 15 is 0 Å². The fourth-order valence-corrected chi connectivity index (χ4v) is 21.4. The van der Waals surface area contributed by atoms with Crippen LogP contribution in [0.25, 0.3) is 5.57 Å². The van der Waals surface area contributed by atoms with Gasteiger partial charge in [0.1, 0.15) is 0 Å². The Hall–Kier alpha value is -1.16. The molecule has 0 aliphatic heterocycles. The van der Waals surface area contributed by atoms with Crippen LogP contribution in [0, 0.1) is 16.7 Å². The van der Waals surface area contributed by atoms with Crippen LogP contribution in [0.2, 0.25) is 0 Å². The Balaban J connectivity index is 0.000000229. The van der Waals surface area contributed by atoms with Gasteiger partial charge in [0.2, 0.25) is 0 Å². The predicted octanol–water partition coefficient (Wildman–Crippen LogP) is 10.5. The van der Waals surface area contributed by atoms with Crippen molar-refractivity contribution in [2.24, 2.45) is 16.7 Å². The van der Waals surface area contributed by atoms with Crippen LogP contribution in [0.15, 0.2) is 91.0 Å². The first kappa shape index (κ1) is 32.2. The van der Waals surface area contributed by atoms with E-state index in [0.717, 1.165) is 13.8 Å². The van der Waals surface area contributed by atoms with Crippen LogP contribution in [0.1, 0.15) is 90.8 Å². The average Bonchev–Trinajstić information content (AvgIpc) is 3.60. The molecule has 0 nitrogen and oxygen atoms in total. The van der Waals surface area contributed by atoms with Crippen LogP contribution in [0.4, 0.5) is 0 Å². The summed E-state index contributed by atoms with van der Waals surface area (Å²) in [6.07, 6.45) is 5.27. The molecule has 1 radical (unpaired) electrons. The Labute approximate surface area is 267 Å². The van der Waals surface area contributed by atoms with E-state index in [0.29, 0.717) is 21.7 Å². The molecule has 1 fully saturated rings. The molecule has 4 heteroatoms. The molecule has 0 saturated heterocycles. The molecule has 3 atom stereocenters. The fourth-order valence-electron chi connectivity index (χ4n) is 6.57. The molecular weight excluding hydrogens is 668 g/mol. The van der Waals surface area contributed by atoms with Gasteiger partial charge in [0, 0.05) is 10.1 Å². The van der Waals surface area contributed by atoms with E-state index < -0.39 is 19.8 Å². The van der Waals surface area contributed by atoms with Gasteiger partial charge in [-0.15, -0.1) is 7.87 Å². The van der Waals surface area contributed by atoms with E-state index in [1.165, 1.54) is 18.4 Å². The van der Waals surface area contributed by atoms with Gasteiger partial charge in [0.05, 0.1) is 0 Å². The second kappa shape index (κ2) is 12.3. The molecule has 0 spiro atoms. The van der Waals surface area contributed by atoms with Crippen molar-refractivity contribution in [2.45, 2.75) is 86.0 Å². The van der Waals surface area contributed by atoms with Gasteiger partial charge in [-0.3, -0.25) is 0 Å². The number of fused-ring (bicyclic) bond motifs is 2. The van der Waals surface area contributed by atoms with E-state index in [9.17, 15) is 0 Å². The monoisotopic (exact) mass is 717 g/mol. The molecule has 4 aromatic rings.